The van der Waals surface area contributed by atoms with Gasteiger partial charge in [0.25, 0.3) is 5.91 Å². The molecule has 1 amide bonds. The number of benzene rings is 3. The fraction of sp³-hybridized carbons (Fsp3) is 0.478. The Kier molecular flexibility index (Phi) is 12.2. The van der Waals surface area contributed by atoms with Crippen LogP contribution in [0.3, 0.4) is 0 Å². The number of phenolic OH excluding ortho intramolecular Hbond substituents is 1. The number of rotatable bonds is 2. The molecule has 16 heteroatoms. The number of carbonyl (C=O) groups excluding carboxylic acids is 1. The molecular formula is C46H56N4O12. The van der Waals surface area contributed by atoms with Crippen molar-refractivity contribution in [2.24, 2.45) is 23.7 Å². The Bertz CT molecular complexity index is 2700. The summed E-state index contributed by atoms with van der Waals surface area (Å²) in [5.41, 5.74) is -1.29. The highest BCUT2D eigenvalue weighted by Gasteiger charge is 2.44. The lowest BCUT2D eigenvalue weighted by molar-refractivity contribution is -0.112. The third-order valence-corrected chi connectivity index (χ3v) is 13.0. The summed E-state index contributed by atoms with van der Waals surface area (Å²) in [6.07, 6.45) is 3.48. The molecule has 4 aromatic rings. The van der Waals surface area contributed by atoms with E-state index in [2.05, 4.69) is 10.2 Å². The number of methoxy groups -OCH3 is 1. The van der Waals surface area contributed by atoms with E-state index in [1.165, 1.54) is 52.4 Å². The third-order valence-electron chi connectivity index (χ3n) is 13.0. The van der Waals surface area contributed by atoms with Gasteiger partial charge in [-0.25, -0.2) is 4.98 Å². The van der Waals surface area contributed by atoms with E-state index in [1.807, 2.05) is 11.9 Å². The van der Waals surface area contributed by atoms with Crippen LogP contribution in [0.5, 0.6) is 11.5 Å². The maximum atomic E-state index is 14.8. The van der Waals surface area contributed by atoms with Crippen LogP contribution in [0, 0.1) is 30.6 Å². The zero-order valence-corrected chi connectivity index (χ0v) is 36.4. The van der Waals surface area contributed by atoms with Crippen LogP contribution in [0.2, 0.25) is 0 Å². The van der Waals surface area contributed by atoms with Gasteiger partial charge in [0.1, 0.15) is 22.7 Å². The van der Waals surface area contributed by atoms with Crippen molar-refractivity contribution in [1.29, 1.82) is 0 Å². The second kappa shape index (κ2) is 17.0. The second-order valence-corrected chi connectivity index (χ2v) is 17.2. The van der Waals surface area contributed by atoms with Gasteiger partial charge in [-0.05, 0) is 27.0 Å². The molecule has 1 aromatic heterocycles. The molecule has 3 aromatic carbocycles. The molecule has 1 fully saturated rings. The summed E-state index contributed by atoms with van der Waals surface area (Å²) in [5, 5.41) is 60.0. The number of aromatic hydroxyl groups is 1. The van der Waals surface area contributed by atoms with Gasteiger partial charge in [-0.3, -0.25) is 14.4 Å². The third kappa shape index (κ3) is 7.68. The molecule has 3 aliphatic heterocycles. The van der Waals surface area contributed by atoms with E-state index in [0.717, 1.165) is 13.1 Å². The molecule has 6 N–H and O–H groups in total. The Balaban J connectivity index is 1.49. The fourth-order valence-electron chi connectivity index (χ4n) is 8.73. The number of anilines is 2. The number of aromatic nitrogens is 1. The first-order chi connectivity index (χ1) is 29.3. The number of nitrogens with zero attached hydrogens (tertiary/aromatic N) is 3. The summed E-state index contributed by atoms with van der Waals surface area (Å²) in [4.78, 5) is 51.5. The quantitative estimate of drug-likeness (QED) is 0.125. The van der Waals surface area contributed by atoms with E-state index in [0.29, 0.717) is 18.8 Å². The van der Waals surface area contributed by atoms with Crippen molar-refractivity contribution in [3.05, 3.63) is 79.5 Å². The van der Waals surface area contributed by atoms with Gasteiger partial charge in [0.2, 0.25) is 10.9 Å². The number of likely N-dealkylation sites (N-methyl/N-ethyl adjacent to an activating group) is 1. The Morgan fingerprint density at radius 1 is 0.887 bits per heavy atom. The van der Waals surface area contributed by atoms with E-state index < -0.39 is 82.1 Å². The van der Waals surface area contributed by atoms with Gasteiger partial charge in [-0.15, -0.1) is 0 Å². The van der Waals surface area contributed by atoms with Crippen LogP contribution in [0.1, 0.15) is 47.1 Å². The predicted octanol–water partition coefficient (Wildman–Crippen LogP) is 3.74. The predicted molar refractivity (Wildman–Crippen MR) is 235 cm³/mol. The number of amides is 1. The van der Waals surface area contributed by atoms with Gasteiger partial charge < -0.3 is 59.3 Å². The van der Waals surface area contributed by atoms with Crippen molar-refractivity contribution in [3.63, 3.8) is 0 Å². The number of aliphatic hydroxyl groups excluding tert-OH is 4. The van der Waals surface area contributed by atoms with Crippen molar-refractivity contribution in [2.75, 3.05) is 50.6 Å². The molecule has 9 atom stereocenters. The van der Waals surface area contributed by atoms with Crippen LogP contribution in [0.25, 0.3) is 38.7 Å². The lowest BCUT2D eigenvalue weighted by Gasteiger charge is -2.36. The minimum Gasteiger partial charge on any atom is -0.507 e. The molecule has 0 saturated carbocycles. The summed E-state index contributed by atoms with van der Waals surface area (Å²) in [6.45, 7) is 14.2. The molecule has 16 nitrogen and oxygen atoms in total. The average molecular weight is 857 g/mol. The number of aliphatic hydroxyl groups is 4. The summed E-state index contributed by atoms with van der Waals surface area (Å²) in [7, 11) is 3.46. The zero-order chi connectivity index (χ0) is 45.1. The van der Waals surface area contributed by atoms with Crippen LogP contribution in [0.4, 0.5) is 11.4 Å². The summed E-state index contributed by atoms with van der Waals surface area (Å²) >= 11 is 0. The summed E-state index contributed by atoms with van der Waals surface area (Å²) in [5.74, 6) is -6.18. The highest BCUT2D eigenvalue weighted by atomic mass is 16.7. The molecule has 3 aliphatic rings. The number of nitrogens with one attached hydrogen (secondary N) is 1. The van der Waals surface area contributed by atoms with Crippen molar-refractivity contribution in [3.8, 4) is 11.5 Å². The van der Waals surface area contributed by atoms with Crippen molar-refractivity contribution >= 4 is 56.0 Å². The minimum atomic E-state index is -1.95. The maximum Gasteiger partial charge on any atom is 0.307 e. The van der Waals surface area contributed by atoms with Gasteiger partial charge in [-0.1, -0.05) is 45.9 Å². The Hall–Kier alpha value is -5.52. The number of hydrogen-bond donors (Lipinski definition) is 6. The molecule has 62 heavy (non-hydrogen) atoms. The Morgan fingerprint density at radius 3 is 2.23 bits per heavy atom. The first-order valence-electron chi connectivity index (χ1n) is 20.9. The Labute approximate surface area is 358 Å². The van der Waals surface area contributed by atoms with Crippen molar-refractivity contribution < 1.29 is 49.0 Å². The van der Waals surface area contributed by atoms with Gasteiger partial charge in [0, 0.05) is 98.2 Å². The molecule has 0 aliphatic carbocycles. The standard InChI is InChI=1S/C46H56N4O12/c1-21-11-10-12-22(2)45(58)48-36-41(56)32-31(35-43(36)61-30-20-27(19-28(51)34(30)47-35)50-16-14-49(8)15-17-50)33-42(26(6)40(32)55)62-46(7,44(33)57)60-18-13-29(59-9)23(3)38(53)25(5)39(54)24(4)37(21)52/h10-13,18-21,23-25,29,37-39,52-55,57H,14-17H2,1-9H3,(H,48,58)/b11-10+,18-13+,22-12-/t21-,23-,24+,25+,29-,37-,38+,39+,46-/m0/s1. The number of ether oxygens (including phenoxy) is 3. The van der Waals surface area contributed by atoms with E-state index in [-0.39, 0.29) is 60.8 Å². The van der Waals surface area contributed by atoms with Gasteiger partial charge in [-0.2, -0.15) is 0 Å². The van der Waals surface area contributed by atoms with Gasteiger partial charge in [0.05, 0.1) is 41.3 Å². The first-order valence-corrected chi connectivity index (χ1v) is 20.9. The number of allylic oxidation sites excluding steroid dienone is 2. The Morgan fingerprint density at radius 2 is 1.55 bits per heavy atom. The van der Waals surface area contributed by atoms with Gasteiger partial charge >= 0.3 is 5.79 Å². The van der Waals surface area contributed by atoms with E-state index in [1.54, 1.807) is 45.9 Å². The molecule has 0 spiro atoms. The highest BCUT2D eigenvalue weighted by Crippen LogP contribution is 2.42. The normalized spacial score (nSPS) is 31.2. The smallest absolute Gasteiger partial charge is 0.307 e. The van der Waals surface area contributed by atoms with Gasteiger partial charge in [0.15, 0.2) is 22.4 Å². The van der Waals surface area contributed by atoms with Crippen LogP contribution >= 0.6 is 0 Å². The van der Waals surface area contributed by atoms with Crippen LogP contribution in [0.15, 0.2) is 62.3 Å². The molecule has 4 heterocycles. The fourth-order valence-corrected chi connectivity index (χ4v) is 8.73. The van der Waals surface area contributed by atoms with Crippen LogP contribution in [-0.2, 0) is 14.3 Å². The van der Waals surface area contributed by atoms with E-state index >= 15 is 0 Å². The second-order valence-electron chi connectivity index (χ2n) is 17.2. The number of hydrogen-bond acceptors (Lipinski definition) is 15. The molecule has 4 bridgehead atoms. The molecular weight excluding hydrogens is 801 g/mol. The van der Waals surface area contributed by atoms with Crippen molar-refractivity contribution in [2.45, 2.75) is 78.7 Å². The average Bonchev–Trinajstić information content (AvgIpc) is 3.52. The first kappa shape index (κ1) is 44.5. The number of phenols is 1. The SMILES string of the molecule is CO[C@H]1/C=C/O[C@@]2(C)Oc3c(C)c(O)c4c(=O)c(c5oc6cc(N7CCN(C)CC7)cc(=O)c6nc5c4c3=C2O)NC(=O)/C(C)=C\C=C\[C@H](C)[C@H](O)[C@@H](C)[C@@H](O)[C@H](C)[C@H](O)[C@H]1C. The molecule has 0 radical (unpaired) electrons. The maximum absolute atomic E-state index is 14.8. The highest BCUT2D eigenvalue weighted by molar-refractivity contribution is 6.16. The van der Waals surface area contributed by atoms with Crippen molar-refractivity contribution in [1.82, 2.24) is 9.88 Å². The van der Waals surface area contributed by atoms with Crippen LogP contribution in [-0.4, -0.2) is 112 Å². The largest absolute Gasteiger partial charge is 0.507 e. The van der Waals surface area contributed by atoms with Crippen LogP contribution < -0.4 is 31.0 Å². The number of fused-ring (bicyclic) bond motifs is 2. The molecule has 1 saturated heterocycles. The topological polar surface area (TPSA) is 225 Å². The molecule has 332 valence electrons. The monoisotopic (exact) mass is 856 g/mol. The molecule has 0 unspecified atom stereocenters. The minimum absolute atomic E-state index is 0.0351. The number of piperazine rings is 1. The molecule has 7 rings (SSSR count). The lowest BCUT2D eigenvalue weighted by Crippen LogP contribution is -2.44. The van der Waals surface area contributed by atoms with E-state index in [4.69, 9.17) is 23.6 Å². The van der Waals surface area contributed by atoms with E-state index in [9.17, 15) is 39.9 Å². The summed E-state index contributed by atoms with van der Waals surface area (Å²) < 4.78 is 24.4. The zero-order valence-electron chi connectivity index (χ0n) is 36.4. The summed E-state index contributed by atoms with van der Waals surface area (Å²) in [6, 6.07) is 3.12. The lowest BCUT2D eigenvalue weighted by atomic mass is 9.78. The number of carbonyl (C=O) groups is 1.